The van der Waals surface area contributed by atoms with Gasteiger partial charge in [0, 0.05) is 0 Å². The third-order valence-electron chi connectivity index (χ3n) is 0.600. The highest BCUT2D eigenvalue weighted by molar-refractivity contribution is 8.28. The van der Waals surface area contributed by atoms with E-state index in [1.54, 1.807) is 11.6 Å². The van der Waals surface area contributed by atoms with Gasteiger partial charge >= 0.3 is 5.54 Å². The summed E-state index contributed by atoms with van der Waals surface area (Å²) in [5, 5.41) is 0. The van der Waals surface area contributed by atoms with Gasteiger partial charge in [-0.2, -0.15) is 23.1 Å². The van der Waals surface area contributed by atoms with Crippen LogP contribution in [0.2, 0.25) is 0 Å². The summed E-state index contributed by atoms with van der Waals surface area (Å²) >= 11 is 7.31. The lowest BCUT2D eigenvalue weighted by atomic mass is 10.3. The summed E-state index contributed by atoms with van der Waals surface area (Å²) in [4.78, 5) is 1.95. The van der Waals surface area contributed by atoms with Crippen LogP contribution in [0.25, 0.3) is 0 Å². The first-order valence-corrected chi connectivity index (χ1v) is 3.74. The molecule has 0 aliphatic rings. The second kappa shape index (κ2) is 3.64. The van der Waals surface area contributed by atoms with Gasteiger partial charge in [-0.25, -0.2) is 0 Å². The van der Waals surface area contributed by atoms with Crippen LogP contribution in [0.3, 0.4) is 0 Å². The topological polar surface area (TPSA) is 3.24 Å². The molecule has 0 amide bonds. The van der Waals surface area contributed by atoms with Crippen LogP contribution in [0.15, 0.2) is 0 Å². The summed E-state index contributed by atoms with van der Waals surface area (Å²) in [6.45, 7) is 0. The molecule has 0 N–H and O–H groups in total. The minimum absolute atomic E-state index is 0.125. The average Bonchev–Trinajstić information content (AvgIpc) is 1.65. The maximum atomic E-state index is 5.69. The highest BCUT2D eigenvalue weighted by Crippen LogP contribution is 2.06. The first-order chi connectivity index (χ1) is 3.18. The lowest BCUT2D eigenvalue weighted by molar-refractivity contribution is 0.669. The molecule has 0 aromatic carbocycles. The van der Waals surface area contributed by atoms with Crippen LogP contribution in [-0.2, 0) is 0 Å². The summed E-state index contributed by atoms with van der Waals surface area (Å²) in [5.41, 5.74) is 0.125. The third kappa shape index (κ3) is 3.27. The Bertz CT molecular complexity index is 52.2. The van der Waals surface area contributed by atoms with E-state index in [2.05, 4.69) is 0 Å². The molecule has 42 valence electrons. The van der Waals surface area contributed by atoms with Gasteiger partial charge in [0.05, 0.1) is 0 Å². The molecule has 0 fully saturated rings. The first-order valence-electron chi connectivity index (χ1n) is 2.01. The van der Waals surface area contributed by atoms with Gasteiger partial charge in [-0.1, -0.05) is 0 Å². The summed E-state index contributed by atoms with van der Waals surface area (Å²) in [7, 11) is 3.91. The van der Waals surface area contributed by atoms with Gasteiger partial charge in [-0.15, -0.1) is 0 Å². The molecule has 7 heavy (non-hydrogen) atoms. The van der Waals surface area contributed by atoms with Crippen molar-refractivity contribution in [3.8, 4) is 0 Å². The quantitative estimate of drug-likeness (QED) is 0.525. The van der Waals surface area contributed by atoms with Crippen LogP contribution in [0.1, 0.15) is 0 Å². The fraction of sp³-hybridized carbons (Fsp3) is 1.00. The lowest BCUT2D eigenvalue weighted by Crippen LogP contribution is -2.23. The van der Waals surface area contributed by atoms with Crippen LogP contribution in [0, 0.1) is 0 Å². The summed E-state index contributed by atoms with van der Waals surface area (Å²) in [5.74, 6) is 0. The zero-order chi connectivity index (χ0) is 5.86. The van der Waals surface area contributed by atoms with E-state index in [1.807, 2.05) is 25.2 Å². The minimum Gasteiger partial charge on any atom is -0.325 e. The van der Waals surface area contributed by atoms with Crippen LogP contribution >= 0.6 is 23.1 Å². The van der Waals surface area contributed by atoms with Gasteiger partial charge in [-0.05, 0) is 20.4 Å². The fourth-order valence-electron chi connectivity index (χ4n) is 0.211. The van der Waals surface area contributed by atoms with Gasteiger partial charge in [0.1, 0.15) is 0 Å². The molecule has 0 rings (SSSR count). The van der Waals surface area contributed by atoms with Crippen molar-refractivity contribution < 1.29 is 0 Å². The van der Waals surface area contributed by atoms with E-state index >= 15 is 0 Å². The summed E-state index contributed by atoms with van der Waals surface area (Å²) < 4.78 is 0. The molecule has 0 unspecified atom stereocenters. The van der Waals surface area contributed by atoms with Crippen LogP contribution < -0.4 is 0 Å². The Labute approximate surface area is 54.3 Å². The van der Waals surface area contributed by atoms with Crippen LogP contribution in [0.4, 0.5) is 0 Å². The van der Waals surface area contributed by atoms with Crippen molar-refractivity contribution in [2.45, 2.75) is 0 Å². The number of nitrogens with zero attached hydrogens (tertiary/aromatic N) is 1. The van der Waals surface area contributed by atoms with Gasteiger partial charge in [0.25, 0.3) is 0 Å². The predicted octanol–water partition coefficient (Wildman–Crippen LogP) is 1.13. The third-order valence-corrected chi connectivity index (χ3v) is 2.34. The van der Waals surface area contributed by atoms with Crippen molar-refractivity contribution in [3.05, 3.63) is 0 Å². The molecule has 0 aliphatic carbocycles. The molecule has 0 saturated heterocycles. The Morgan fingerprint density at radius 3 is 2.00 bits per heavy atom. The monoisotopic (exact) mass is 137 g/mol. The van der Waals surface area contributed by atoms with Crippen molar-refractivity contribution in [2.75, 3.05) is 20.4 Å². The van der Waals surface area contributed by atoms with E-state index in [0.29, 0.717) is 0 Å². The van der Waals surface area contributed by atoms with E-state index in [1.165, 1.54) is 0 Å². The van der Waals surface area contributed by atoms with Crippen molar-refractivity contribution in [1.29, 1.82) is 0 Å². The van der Waals surface area contributed by atoms with Gasteiger partial charge in [0.2, 0.25) is 0 Å². The molecule has 0 saturated carbocycles. The van der Waals surface area contributed by atoms with E-state index < -0.39 is 0 Å². The van der Waals surface area contributed by atoms with Crippen molar-refractivity contribution in [3.63, 3.8) is 0 Å². The Hall–Kier alpha value is 0.665. The molecular formula is C3H9BClNS. The summed E-state index contributed by atoms with van der Waals surface area (Å²) in [6.07, 6.45) is 1.98. The second-order valence-corrected chi connectivity index (χ2v) is 3.08. The van der Waals surface area contributed by atoms with E-state index in [9.17, 15) is 0 Å². The Morgan fingerprint density at radius 1 is 1.57 bits per heavy atom. The molecule has 0 atom stereocenters. The largest absolute Gasteiger partial charge is 0.397 e. The van der Waals surface area contributed by atoms with E-state index in [0.717, 1.165) is 0 Å². The molecule has 0 bridgehead atoms. The number of hydrogen-bond acceptors (Lipinski definition) is 2. The normalized spacial score (nSPS) is 9.86. The summed E-state index contributed by atoms with van der Waals surface area (Å²) in [6, 6.07) is 0. The Kier molecular flexibility index (Phi) is 3.99. The van der Waals surface area contributed by atoms with Gasteiger partial charge in [0.15, 0.2) is 0 Å². The van der Waals surface area contributed by atoms with Gasteiger partial charge < -0.3 is 4.81 Å². The highest BCUT2D eigenvalue weighted by atomic mass is 35.5. The molecule has 0 spiro atoms. The molecule has 4 heteroatoms. The van der Waals surface area contributed by atoms with E-state index in [4.69, 9.17) is 11.5 Å². The maximum Gasteiger partial charge on any atom is 0.397 e. The molecule has 0 radical (unpaired) electrons. The number of halogens is 1. The smallest absolute Gasteiger partial charge is 0.325 e. The lowest BCUT2D eigenvalue weighted by Gasteiger charge is -2.08. The zero-order valence-electron chi connectivity index (χ0n) is 4.81. The Balaban J connectivity index is 3.14. The number of rotatable bonds is 2. The molecule has 0 aliphatic heterocycles. The molecule has 0 aromatic rings. The highest BCUT2D eigenvalue weighted by Gasteiger charge is 2.09. The van der Waals surface area contributed by atoms with Crippen molar-refractivity contribution in [1.82, 2.24) is 4.81 Å². The maximum absolute atomic E-state index is 5.69. The first kappa shape index (κ1) is 7.66. The second-order valence-electron chi connectivity index (χ2n) is 1.49. The Morgan fingerprint density at radius 2 is 2.00 bits per heavy atom. The molecule has 0 aromatic heterocycles. The van der Waals surface area contributed by atoms with Gasteiger partial charge in [-0.3, -0.25) is 0 Å². The van der Waals surface area contributed by atoms with Crippen molar-refractivity contribution in [2.24, 2.45) is 0 Å². The van der Waals surface area contributed by atoms with Crippen LogP contribution in [-0.4, -0.2) is 30.7 Å². The average molecular weight is 137 g/mol. The fourth-order valence-corrected chi connectivity index (χ4v) is 0.632. The van der Waals surface area contributed by atoms with Crippen molar-refractivity contribution >= 4 is 28.6 Å². The zero-order valence-corrected chi connectivity index (χ0v) is 6.38. The molecule has 0 heterocycles. The van der Waals surface area contributed by atoms with E-state index in [-0.39, 0.29) is 5.54 Å². The standard InChI is InChI=1S/C3H9BClNS/c1-6(2)4(5)7-3/h1-3H3. The minimum atomic E-state index is 0.125. The number of hydrogen-bond donors (Lipinski definition) is 0. The molecule has 1 nitrogen and oxygen atoms in total. The predicted molar refractivity (Wildman–Crippen MR) is 38.8 cm³/mol. The molecular weight excluding hydrogens is 128 g/mol. The SMILES string of the molecule is CSB(Cl)N(C)C. The van der Waals surface area contributed by atoms with Crippen LogP contribution in [0.5, 0.6) is 0 Å².